The summed E-state index contributed by atoms with van der Waals surface area (Å²) in [5, 5.41) is 0. The van der Waals surface area contributed by atoms with Gasteiger partial charge in [0.2, 0.25) is 5.78 Å². The highest BCUT2D eigenvalue weighted by atomic mass is 19.1. The van der Waals surface area contributed by atoms with Crippen molar-refractivity contribution >= 4 is 17.6 Å². The molecule has 2 rings (SSSR count). The molecule has 7 nitrogen and oxygen atoms in total. The van der Waals surface area contributed by atoms with Crippen molar-refractivity contribution in [3.63, 3.8) is 0 Å². The van der Waals surface area contributed by atoms with Gasteiger partial charge in [-0.1, -0.05) is 13.0 Å². The van der Waals surface area contributed by atoms with Crippen molar-refractivity contribution in [1.29, 1.82) is 0 Å². The number of ketones is 1. The fourth-order valence-corrected chi connectivity index (χ4v) is 2.85. The summed E-state index contributed by atoms with van der Waals surface area (Å²) in [6, 6.07) is 3.02. The fourth-order valence-electron chi connectivity index (χ4n) is 2.85. The summed E-state index contributed by atoms with van der Waals surface area (Å²) in [6.07, 6.45) is 1.98. The number of benzene rings is 1. The molecule has 0 radical (unpaired) electrons. The van der Waals surface area contributed by atoms with Gasteiger partial charge in [0, 0.05) is 25.5 Å². The van der Waals surface area contributed by atoms with Gasteiger partial charge < -0.3 is 20.9 Å². The van der Waals surface area contributed by atoms with Crippen molar-refractivity contribution in [2.45, 2.75) is 26.2 Å². The smallest absolute Gasteiger partial charge is 0.344 e. The van der Waals surface area contributed by atoms with Gasteiger partial charge in [0.25, 0.3) is 0 Å². The molecule has 0 atom stereocenters. The minimum atomic E-state index is -1.03. The summed E-state index contributed by atoms with van der Waals surface area (Å²) in [7, 11) is 0. The van der Waals surface area contributed by atoms with Crippen LogP contribution in [0.2, 0.25) is 0 Å². The van der Waals surface area contributed by atoms with Crippen molar-refractivity contribution in [3.8, 4) is 0 Å². The Hall–Kier alpha value is -2.81. The third kappa shape index (κ3) is 6.08. The summed E-state index contributed by atoms with van der Waals surface area (Å²) in [5.74, 6) is -3.86. The standard InChI is InChI=1S/C20H25F2N3O4/c1-2-15(23)18(19(24)25-10-12-6-8-28-9-7-12)20(27)29-11-16(26)17-13(21)4-3-5-14(17)22/h3-5,12H,2,6-11,23H2,1H3,(H2,24,25)/b18-15+. The maximum atomic E-state index is 13.7. The Kier molecular flexibility index (Phi) is 8.26. The number of nitrogens with two attached hydrogens (primary N) is 2. The SMILES string of the molecule is CC/C(N)=C(\C(=O)OCC(=O)c1c(F)cccc1F)C(N)=NCC1CCOCC1. The number of carbonyl (C=O) groups excluding carboxylic acids is 2. The lowest BCUT2D eigenvalue weighted by atomic mass is 10.0. The number of aliphatic imine (C=N–C) groups is 1. The number of ether oxygens (including phenoxy) is 2. The Morgan fingerprint density at radius 2 is 1.83 bits per heavy atom. The van der Waals surface area contributed by atoms with Gasteiger partial charge >= 0.3 is 5.97 Å². The number of hydrogen-bond acceptors (Lipinski definition) is 6. The van der Waals surface area contributed by atoms with Gasteiger partial charge in [-0.3, -0.25) is 9.79 Å². The average Bonchev–Trinajstić information content (AvgIpc) is 2.71. The molecule has 158 valence electrons. The number of Topliss-reactive ketones (excluding diaryl/α,β-unsaturated/α-hetero) is 1. The molecule has 0 aromatic heterocycles. The Morgan fingerprint density at radius 3 is 2.41 bits per heavy atom. The minimum absolute atomic E-state index is 0.0923. The second kappa shape index (κ2) is 10.7. The van der Waals surface area contributed by atoms with Gasteiger partial charge in [-0.25, -0.2) is 13.6 Å². The summed E-state index contributed by atoms with van der Waals surface area (Å²) in [6.45, 7) is 2.56. The van der Waals surface area contributed by atoms with E-state index in [4.69, 9.17) is 20.9 Å². The summed E-state index contributed by atoms with van der Waals surface area (Å²) in [4.78, 5) is 28.8. The lowest BCUT2D eigenvalue weighted by molar-refractivity contribution is -0.137. The zero-order valence-corrected chi connectivity index (χ0v) is 16.2. The molecule has 0 amide bonds. The zero-order valence-electron chi connectivity index (χ0n) is 16.2. The average molecular weight is 409 g/mol. The first kappa shape index (κ1) is 22.5. The lowest BCUT2D eigenvalue weighted by Crippen LogP contribution is -2.29. The van der Waals surface area contributed by atoms with E-state index in [2.05, 4.69) is 4.99 Å². The molecule has 1 aromatic rings. The number of amidine groups is 1. The third-order valence-corrected chi connectivity index (χ3v) is 4.60. The van der Waals surface area contributed by atoms with Crippen LogP contribution in [0.4, 0.5) is 8.78 Å². The van der Waals surface area contributed by atoms with Gasteiger partial charge in [0.05, 0.1) is 5.56 Å². The molecule has 0 unspecified atom stereocenters. The van der Waals surface area contributed by atoms with Gasteiger partial charge in [-0.05, 0) is 37.3 Å². The van der Waals surface area contributed by atoms with Crippen LogP contribution >= 0.6 is 0 Å². The number of nitrogens with zero attached hydrogens (tertiary/aromatic N) is 1. The van der Waals surface area contributed by atoms with E-state index in [-0.39, 0.29) is 23.0 Å². The second-order valence-electron chi connectivity index (χ2n) is 6.63. The monoisotopic (exact) mass is 409 g/mol. The predicted molar refractivity (Wildman–Crippen MR) is 103 cm³/mol. The van der Waals surface area contributed by atoms with E-state index >= 15 is 0 Å². The highest BCUT2D eigenvalue weighted by Gasteiger charge is 2.23. The van der Waals surface area contributed by atoms with Gasteiger partial charge in [0.1, 0.15) is 23.0 Å². The Morgan fingerprint density at radius 1 is 1.21 bits per heavy atom. The van der Waals surface area contributed by atoms with Crippen molar-refractivity contribution < 1.29 is 27.8 Å². The molecule has 1 aliphatic heterocycles. The van der Waals surface area contributed by atoms with Crippen molar-refractivity contribution in [1.82, 2.24) is 0 Å². The van der Waals surface area contributed by atoms with Crippen LogP contribution in [0, 0.1) is 17.6 Å². The number of rotatable bonds is 8. The molecular weight excluding hydrogens is 384 g/mol. The maximum Gasteiger partial charge on any atom is 0.344 e. The van der Waals surface area contributed by atoms with Crippen LogP contribution in [0.25, 0.3) is 0 Å². The number of allylic oxidation sites excluding steroid dienone is 1. The fraction of sp³-hybridized carbons (Fsp3) is 0.450. The van der Waals surface area contributed by atoms with Crippen LogP contribution < -0.4 is 11.5 Å². The highest BCUT2D eigenvalue weighted by molar-refractivity contribution is 6.19. The van der Waals surface area contributed by atoms with Crippen LogP contribution in [0.15, 0.2) is 34.5 Å². The maximum absolute atomic E-state index is 13.7. The van der Waals surface area contributed by atoms with Crippen molar-refractivity contribution in [2.75, 3.05) is 26.4 Å². The van der Waals surface area contributed by atoms with Crippen LogP contribution in [-0.2, 0) is 14.3 Å². The van der Waals surface area contributed by atoms with Crippen LogP contribution in [0.5, 0.6) is 0 Å². The zero-order chi connectivity index (χ0) is 21.4. The van der Waals surface area contributed by atoms with E-state index in [0.717, 1.165) is 31.0 Å². The predicted octanol–water partition coefficient (Wildman–Crippen LogP) is 2.10. The van der Waals surface area contributed by atoms with Crippen LogP contribution in [-0.4, -0.2) is 44.0 Å². The Bertz CT molecular complexity index is 798. The molecule has 1 fully saturated rings. The van der Waals surface area contributed by atoms with Crippen LogP contribution in [0.1, 0.15) is 36.5 Å². The normalized spacial score (nSPS) is 16.3. The summed E-state index contributed by atoms with van der Waals surface area (Å²) >= 11 is 0. The molecule has 0 saturated carbocycles. The Balaban J connectivity index is 2.08. The first-order chi connectivity index (χ1) is 13.8. The van der Waals surface area contributed by atoms with Gasteiger partial charge in [-0.15, -0.1) is 0 Å². The third-order valence-electron chi connectivity index (χ3n) is 4.60. The quantitative estimate of drug-likeness (QED) is 0.223. The minimum Gasteiger partial charge on any atom is -0.454 e. The lowest BCUT2D eigenvalue weighted by Gasteiger charge is -2.20. The molecule has 1 aromatic carbocycles. The molecule has 0 aliphatic carbocycles. The number of carbonyl (C=O) groups is 2. The molecule has 1 aliphatic rings. The van der Waals surface area contributed by atoms with E-state index in [0.29, 0.717) is 26.2 Å². The largest absolute Gasteiger partial charge is 0.454 e. The van der Waals surface area contributed by atoms with Crippen molar-refractivity contribution in [3.05, 3.63) is 46.7 Å². The number of esters is 1. The highest BCUT2D eigenvalue weighted by Crippen LogP contribution is 2.16. The first-order valence-corrected chi connectivity index (χ1v) is 9.36. The molecule has 1 saturated heterocycles. The summed E-state index contributed by atoms with van der Waals surface area (Å²) < 4.78 is 37.6. The number of hydrogen-bond donors (Lipinski definition) is 2. The molecule has 9 heteroatoms. The summed E-state index contributed by atoms with van der Waals surface area (Å²) in [5.41, 5.74) is 11.1. The van der Waals surface area contributed by atoms with E-state index < -0.39 is 35.6 Å². The molecule has 0 spiro atoms. The molecule has 29 heavy (non-hydrogen) atoms. The van der Waals surface area contributed by atoms with Crippen molar-refractivity contribution in [2.24, 2.45) is 22.4 Å². The van der Waals surface area contributed by atoms with E-state index in [9.17, 15) is 18.4 Å². The Labute approximate surface area is 167 Å². The van der Waals surface area contributed by atoms with E-state index in [1.165, 1.54) is 0 Å². The van der Waals surface area contributed by atoms with Gasteiger partial charge in [-0.2, -0.15) is 0 Å². The molecule has 4 N–H and O–H groups in total. The molecule has 0 bridgehead atoms. The van der Waals surface area contributed by atoms with E-state index in [1.54, 1.807) is 6.92 Å². The van der Waals surface area contributed by atoms with Gasteiger partial charge in [0.15, 0.2) is 6.61 Å². The first-order valence-electron chi connectivity index (χ1n) is 9.36. The second-order valence-corrected chi connectivity index (χ2v) is 6.63. The molecule has 1 heterocycles. The topological polar surface area (TPSA) is 117 Å². The number of halogens is 2. The van der Waals surface area contributed by atoms with Crippen LogP contribution in [0.3, 0.4) is 0 Å². The van der Waals surface area contributed by atoms with E-state index in [1.807, 2.05) is 0 Å². The molecular formula is C20H25F2N3O4.